The average Bonchev–Trinajstić information content (AvgIpc) is 3.10. The first-order valence-corrected chi connectivity index (χ1v) is 11.3. The number of nitrogens with zero attached hydrogens (tertiary/aromatic N) is 1. The Hall–Kier alpha value is -3.77. The number of anilines is 1. The molecule has 1 fully saturated rings. The van der Waals surface area contributed by atoms with E-state index in [1.165, 1.54) is 4.90 Å². The van der Waals surface area contributed by atoms with Gasteiger partial charge in [-0.25, -0.2) is 0 Å². The Bertz CT molecular complexity index is 1250. The SMILES string of the molecule is CCOc1ccc(/C(O)=C2\C(=O)C(=O)N(c3cccc(Cl)c3)C2c2cccc(OCC)c2)cc1. The predicted molar refractivity (Wildman–Crippen MR) is 131 cm³/mol. The van der Waals surface area contributed by atoms with Crippen LogP contribution < -0.4 is 14.4 Å². The van der Waals surface area contributed by atoms with Crippen LogP contribution in [0.2, 0.25) is 5.02 Å². The van der Waals surface area contributed by atoms with E-state index < -0.39 is 17.7 Å². The molecule has 0 saturated carbocycles. The van der Waals surface area contributed by atoms with Crippen LogP contribution in [0.1, 0.15) is 31.0 Å². The normalized spacial score (nSPS) is 17.1. The molecule has 7 heteroatoms. The van der Waals surface area contributed by atoms with Gasteiger partial charge in [0.2, 0.25) is 0 Å². The molecule has 3 aromatic rings. The highest BCUT2D eigenvalue weighted by Crippen LogP contribution is 2.43. The summed E-state index contributed by atoms with van der Waals surface area (Å²) < 4.78 is 11.1. The molecule has 4 rings (SSSR count). The maximum Gasteiger partial charge on any atom is 0.300 e. The lowest BCUT2D eigenvalue weighted by molar-refractivity contribution is -0.132. The van der Waals surface area contributed by atoms with Crippen molar-refractivity contribution in [1.29, 1.82) is 0 Å². The smallest absolute Gasteiger partial charge is 0.300 e. The summed E-state index contributed by atoms with van der Waals surface area (Å²) in [5.74, 6) is -0.561. The fourth-order valence-corrected chi connectivity index (χ4v) is 4.20. The maximum atomic E-state index is 13.3. The molecule has 1 aliphatic heterocycles. The third kappa shape index (κ3) is 4.50. The fraction of sp³-hybridized carbons (Fsp3) is 0.185. The van der Waals surface area contributed by atoms with Crippen molar-refractivity contribution in [2.24, 2.45) is 0 Å². The minimum Gasteiger partial charge on any atom is -0.507 e. The molecule has 3 aromatic carbocycles. The van der Waals surface area contributed by atoms with Crippen LogP contribution >= 0.6 is 11.6 Å². The van der Waals surface area contributed by atoms with Crippen molar-refractivity contribution >= 4 is 34.7 Å². The van der Waals surface area contributed by atoms with Gasteiger partial charge in [0.1, 0.15) is 17.3 Å². The number of hydrogen-bond donors (Lipinski definition) is 1. The van der Waals surface area contributed by atoms with Gasteiger partial charge in [-0.1, -0.05) is 29.8 Å². The number of amides is 1. The molecule has 1 heterocycles. The number of Topliss-reactive ketones (excluding diaryl/α,β-unsaturated/α-hetero) is 1. The first-order valence-electron chi connectivity index (χ1n) is 11.0. The minimum absolute atomic E-state index is 0.0113. The van der Waals surface area contributed by atoms with E-state index in [1.807, 2.05) is 13.8 Å². The third-order valence-electron chi connectivity index (χ3n) is 5.45. The van der Waals surface area contributed by atoms with Crippen molar-refractivity contribution in [1.82, 2.24) is 0 Å². The van der Waals surface area contributed by atoms with Crippen LogP contribution in [0, 0.1) is 0 Å². The van der Waals surface area contributed by atoms with Gasteiger partial charge in [-0.05, 0) is 74.0 Å². The van der Waals surface area contributed by atoms with E-state index >= 15 is 0 Å². The summed E-state index contributed by atoms with van der Waals surface area (Å²) in [5.41, 5.74) is 1.46. The Labute approximate surface area is 203 Å². The van der Waals surface area contributed by atoms with Gasteiger partial charge in [-0.2, -0.15) is 0 Å². The quantitative estimate of drug-likeness (QED) is 0.266. The van der Waals surface area contributed by atoms with E-state index in [0.29, 0.717) is 46.5 Å². The summed E-state index contributed by atoms with van der Waals surface area (Å²) in [6.45, 7) is 4.72. The van der Waals surface area contributed by atoms with Crippen LogP contribution in [-0.4, -0.2) is 30.0 Å². The van der Waals surface area contributed by atoms with Crippen molar-refractivity contribution in [3.8, 4) is 11.5 Å². The van der Waals surface area contributed by atoms with E-state index in [9.17, 15) is 14.7 Å². The van der Waals surface area contributed by atoms with Gasteiger partial charge in [0.15, 0.2) is 0 Å². The van der Waals surface area contributed by atoms with E-state index in [-0.39, 0.29) is 11.3 Å². The number of aliphatic hydroxyl groups is 1. The first kappa shape index (κ1) is 23.4. The lowest BCUT2D eigenvalue weighted by atomic mass is 9.95. The molecule has 1 N–H and O–H groups in total. The average molecular weight is 478 g/mol. The van der Waals surface area contributed by atoms with Crippen molar-refractivity contribution in [2.75, 3.05) is 18.1 Å². The highest BCUT2D eigenvalue weighted by molar-refractivity contribution is 6.51. The van der Waals surface area contributed by atoms with Crippen LogP contribution in [0.4, 0.5) is 5.69 Å². The molecule has 1 aliphatic rings. The molecule has 34 heavy (non-hydrogen) atoms. The van der Waals surface area contributed by atoms with Crippen molar-refractivity contribution in [2.45, 2.75) is 19.9 Å². The standard InChI is InChI=1S/C27H24ClNO5/c1-3-33-21-13-11-17(12-14-21)25(30)23-24(18-7-5-10-22(15-18)34-4-2)29(27(32)26(23)31)20-9-6-8-19(28)16-20/h5-16,24,30H,3-4H2,1-2H3/b25-23+. The number of carbonyl (C=O) groups excluding carboxylic acids is 2. The minimum atomic E-state index is -0.870. The van der Waals surface area contributed by atoms with Crippen LogP contribution in [-0.2, 0) is 9.59 Å². The molecular weight excluding hydrogens is 454 g/mol. The molecule has 0 radical (unpaired) electrons. The zero-order valence-corrected chi connectivity index (χ0v) is 19.6. The Morgan fingerprint density at radius 3 is 2.26 bits per heavy atom. The first-order chi connectivity index (χ1) is 16.4. The van der Waals surface area contributed by atoms with E-state index in [2.05, 4.69) is 0 Å². The Balaban J connectivity index is 1.90. The van der Waals surface area contributed by atoms with E-state index in [1.54, 1.807) is 72.8 Å². The molecular formula is C27H24ClNO5. The number of rotatable bonds is 7. The molecule has 1 atom stereocenters. The molecule has 1 unspecified atom stereocenters. The van der Waals surface area contributed by atoms with Gasteiger partial charge < -0.3 is 14.6 Å². The van der Waals surface area contributed by atoms with Gasteiger partial charge in [-0.15, -0.1) is 0 Å². The molecule has 6 nitrogen and oxygen atoms in total. The number of aliphatic hydroxyl groups excluding tert-OH is 1. The number of ether oxygens (including phenoxy) is 2. The summed E-state index contributed by atoms with van der Waals surface area (Å²) in [4.78, 5) is 27.8. The van der Waals surface area contributed by atoms with Crippen LogP contribution in [0.5, 0.6) is 11.5 Å². The zero-order chi connectivity index (χ0) is 24.2. The summed E-state index contributed by atoms with van der Waals surface area (Å²) in [6.07, 6.45) is 0. The zero-order valence-electron chi connectivity index (χ0n) is 18.8. The predicted octanol–water partition coefficient (Wildman–Crippen LogP) is 5.76. The van der Waals surface area contributed by atoms with Gasteiger partial charge in [0.25, 0.3) is 11.7 Å². The highest BCUT2D eigenvalue weighted by Gasteiger charge is 2.47. The third-order valence-corrected chi connectivity index (χ3v) is 5.69. The van der Waals surface area contributed by atoms with E-state index in [0.717, 1.165) is 0 Å². The molecule has 0 bridgehead atoms. The number of halogens is 1. The molecule has 1 amide bonds. The summed E-state index contributed by atoms with van der Waals surface area (Å²) >= 11 is 6.19. The lowest BCUT2D eigenvalue weighted by Gasteiger charge is -2.26. The second kappa shape index (κ2) is 10.0. The van der Waals surface area contributed by atoms with Gasteiger partial charge >= 0.3 is 0 Å². The second-order valence-corrected chi connectivity index (χ2v) is 8.05. The van der Waals surface area contributed by atoms with Crippen LogP contribution in [0.25, 0.3) is 5.76 Å². The molecule has 1 saturated heterocycles. The number of benzene rings is 3. The lowest BCUT2D eigenvalue weighted by Crippen LogP contribution is -2.29. The summed E-state index contributed by atoms with van der Waals surface area (Å²) in [6, 6.07) is 19.7. The maximum absolute atomic E-state index is 13.3. The Morgan fingerprint density at radius 2 is 1.59 bits per heavy atom. The van der Waals surface area contributed by atoms with E-state index in [4.69, 9.17) is 21.1 Å². The van der Waals surface area contributed by atoms with Gasteiger partial charge in [0, 0.05) is 16.3 Å². The second-order valence-electron chi connectivity index (χ2n) is 7.61. The fourth-order valence-electron chi connectivity index (χ4n) is 4.01. The van der Waals surface area contributed by atoms with Crippen molar-refractivity contribution in [3.63, 3.8) is 0 Å². The molecule has 174 valence electrons. The van der Waals surface area contributed by atoms with Crippen LogP contribution in [0.15, 0.2) is 78.4 Å². The molecule has 0 aromatic heterocycles. The van der Waals surface area contributed by atoms with Gasteiger partial charge in [0.05, 0.1) is 24.8 Å². The van der Waals surface area contributed by atoms with Crippen molar-refractivity contribution < 1.29 is 24.2 Å². The molecule has 0 spiro atoms. The molecule has 0 aliphatic carbocycles. The number of ketones is 1. The topological polar surface area (TPSA) is 76.1 Å². The Kier molecular flexibility index (Phi) is 6.89. The summed E-state index contributed by atoms with van der Waals surface area (Å²) in [7, 11) is 0. The number of hydrogen-bond acceptors (Lipinski definition) is 5. The Morgan fingerprint density at radius 1 is 0.912 bits per heavy atom. The number of carbonyl (C=O) groups is 2. The van der Waals surface area contributed by atoms with Crippen molar-refractivity contribution in [3.05, 3.63) is 94.5 Å². The van der Waals surface area contributed by atoms with Gasteiger partial charge in [-0.3, -0.25) is 14.5 Å². The highest BCUT2D eigenvalue weighted by atomic mass is 35.5. The summed E-state index contributed by atoms with van der Waals surface area (Å²) in [5, 5.41) is 11.7. The largest absolute Gasteiger partial charge is 0.507 e. The monoisotopic (exact) mass is 477 g/mol. The van der Waals surface area contributed by atoms with Crippen LogP contribution in [0.3, 0.4) is 0 Å².